The van der Waals surface area contributed by atoms with Crippen molar-refractivity contribution in [2.75, 3.05) is 6.61 Å². The Kier molecular flexibility index (Phi) is 4.01. The lowest BCUT2D eigenvalue weighted by atomic mass is 10.4. The van der Waals surface area contributed by atoms with E-state index in [0.717, 1.165) is 10.2 Å². The van der Waals surface area contributed by atoms with Gasteiger partial charge in [-0.2, -0.15) is 0 Å². The van der Waals surface area contributed by atoms with Crippen LogP contribution in [0.25, 0.3) is 0 Å². The maximum absolute atomic E-state index is 11.2. The van der Waals surface area contributed by atoms with Crippen LogP contribution in [0.2, 0.25) is 0 Å². The number of alkyl halides is 1. The van der Waals surface area contributed by atoms with Gasteiger partial charge in [-0.3, -0.25) is 0 Å². The standard InChI is InChI=1S/C9H9IO3/c1-2-5-12-9(11)8-4-3-7(6-10)13-8/h2-4H,1,5-6H2. The molecule has 70 valence electrons. The molecule has 0 saturated heterocycles. The molecule has 3 nitrogen and oxygen atoms in total. The maximum atomic E-state index is 11.2. The Morgan fingerprint density at radius 1 is 1.69 bits per heavy atom. The monoisotopic (exact) mass is 292 g/mol. The SMILES string of the molecule is C=CCOC(=O)c1ccc(CI)o1. The molecule has 1 rings (SSSR count). The molecular weight excluding hydrogens is 283 g/mol. The average Bonchev–Trinajstić information content (AvgIpc) is 2.62. The van der Waals surface area contributed by atoms with Crippen LogP contribution in [0.15, 0.2) is 29.2 Å². The number of hydrogen-bond acceptors (Lipinski definition) is 3. The largest absolute Gasteiger partial charge is 0.456 e. The molecule has 0 bridgehead atoms. The van der Waals surface area contributed by atoms with Gasteiger partial charge in [0.25, 0.3) is 0 Å². The normalized spacial score (nSPS) is 9.62. The molecule has 0 saturated carbocycles. The van der Waals surface area contributed by atoms with Crippen LogP contribution < -0.4 is 0 Å². The van der Waals surface area contributed by atoms with Crippen LogP contribution >= 0.6 is 22.6 Å². The van der Waals surface area contributed by atoms with Crippen molar-refractivity contribution in [2.45, 2.75) is 4.43 Å². The highest BCUT2D eigenvalue weighted by Crippen LogP contribution is 2.12. The Bertz CT molecular complexity index is 304. The topological polar surface area (TPSA) is 39.4 Å². The summed E-state index contributed by atoms with van der Waals surface area (Å²) in [6, 6.07) is 3.37. The van der Waals surface area contributed by atoms with Crippen LogP contribution in [0.3, 0.4) is 0 Å². The fourth-order valence-electron chi connectivity index (χ4n) is 0.765. The second-order valence-electron chi connectivity index (χ2n) is 2.29. The number of ether oxygens (including phenoxy) is 1. The molecule has 1 aromatic heterocycles. The molecule has 0 radical (unpaired) electrons. The van der Waals surface area contributed by atoms with Crippen molar-refractivity contribution in [3.8, 4) is 0 Å². The molecule has 1 heterocycles. The van der Waals surface area contributed by atoms with Gasteiger partial charge in [-0.25, -0.2) is 4.79 Å². The van der Waals surface area contributed by atoms with Crippen LogP contribution in [0, 0.1) is 0 Å². The summed E-state index contributed by atoms with van der Waals surface area (Å²) in [5.41, 5.74) is 0. The molecule has 0 aliphatic heterocycles. The number of carbonyl (C=O) groups excluding carboxylic acids is 1. The maximum Gasteiger partial charge on any atom is 0.374 e. The van der Waals surface area contributed by atoms with E-state index in [1.807, 2.05) is 0 Å². The molecule has 4 heteroatoms. The number of esters is 1. The lowest BCUT2D eigenvalue weighted by molar-refractivity contribution is 0.0512. The molecule has 0 amide bonds. The Morgan fingerprint density at radius 2 is 2.46 bits per heavy atom. The van der Waals surface area contributed by atoms with E-state index in [1.165, 1.54) is 6.08 Å². The predicted octanol–water partition coefficient (Wildman–Crippen LogP) is 2.56. The van der Waals surface area contributed by atoms with Gasteiger partial charge >= 0.3 is 5.97 Å². The summed E-state index contributed by atoms with van der Waals surface area (Å²) < 4.78 is 10.7. The van der Waals surface area contributed by atoms with E-state index in [-0.39, 0.29) is 12.4 Å². The highest BCUT2D eigenvalue weighted by atomic mass is 127. The van der Waals surface area contributed by atoms with Crippen molar-refractivity contribution in [1.29, 1.82) is 0 Å². The van der Waals surface area contributed by atoms with Gasteiger partial charge in [-0.15, -0.1) is 0 Å². The molecular formula is C9H9IO3. The Balaban J connectivity index is 2.60. The number of carbonyl (C=O) groups is 1. The van der Waals surface area contributed by atoms with E-state index in [1.54, 1.807) is 12.1 Å². The predicted molar refractivity (Wildman–Crippen MR) is 56.9 cm³/mol. The minimum absolute atomic E-state index is 0.207. The minimum atomic E-state index is -0.448. The van der Waals surface area contributed by atoms with Crippen LogP contribution in [-0.4, -0.2) is 12.6 Å². The smallest absolute Gasteiger partial charge is 0.374 e. The zero-order valence-electron chi connectivity index (χ0n) is 6.96. The van der Waals surface area contributed by atoms with Crippen molar-refractivity contribution in [3.05, 3.63) is 36.3 Å². The van der Waals surface area contributed by atoms with Gasteiger partial charge in [0, 0.05) is 0 Å². The van der Waals surface area contributed by atoms with Gasteiger partial charge in [0.2, 0.25) is 5.76 Å². The third-order valence-corrected chi connectivity index (χ3v) is 2.08. The molecule has 0 unspecified atom stereocenters. The summed E-state index contributed by atoms with van der Waals surface area (Å²) in [6.07, 6.45) is 1.51. The molecule has 0 spiro atoms. The molecule has 0 aliphatic carbocycles. The van der Waals surface area contributed by atoms with E-state index in [9.17, 15) is 4.79 Å². The third kappa shape index (κ3) is 2.87. The van der Waals surface area contributed by atoms with E-state index in [0.29, 0.717) is 0 Å². The summed E-state index contributed by atoms with van der Waals surface area (Å²) in [4.78, 5) is 11.2. The van der Waals surface area contributed by atoms with E-state index < -0.39 is 5.97 Å². The number of furan rings is 1. The lowest BCUT2D eigenvalue weighted by Crippen LogP contribution is -2.03. The highest BCUT2D eigenvalue weighted by Gasteiger charge is 2.10. The first-order valence-electron chi connectivity index (χ1n) is 3.70. The van der Waals surface area contributed by atoms with Gasteiger partial charge in [-0.05, 0) is 12.1 Å². The Labute approximate surface area is 89.9 Å². The van der Waals surface area contributed by atoms with Crippen LogP contribution in [0.5, 0.6) is 0 Å². The molecule has 13 heavy (non-hydrogen) atoms. The molecule has 0 aliphatic rings. The second kappa shape index (κ2) is 5.06. The first-order valence-corrected chi connectivity index (χ1v) is 5.23. The van der Waals surface area contributed by atoms with E-state index in [4.69, 9.17) is 9.15 Å². The highest BCUT2D eigenvalue weighted by molar-refractivity contribution is 14.1. The third-order valence-electron chi connectivity index (χ3n) is 1.33. The van der Waals surface area contributed by atoms with Gasteiger partial charge in [0.05, 0.1) is 4.43 Å². The number of hydrogen-bond donors (Lipinski definition) is 0. The minimum Gasteiger partial charge on any atom is -0.456 e. The summed E-state index contributed by atoms with van der Waals surface area (Å²) in [5, 5.41) is 0. The molecule has 1 aromatic rings. The first-order chi connectivity index (χ1) is 6.27. The molecule has 0 N–H and O–H groups in total. The van der Waals surface area contributed by atoms with Gasteiger partial charge in [-0.1, -0.05) is 35.2 Å². The van der Waals surface area contributed by atoms with Crippen molar-refractivity contribution in [3.63, 3.8) is 0 Å². The van der Waals surface area contributed by atoms with Crippen molar-refractivity contribution in [2.24, 2.45) is 0 Å². The summed E-state index contributed by atoms with van der Waals surface area (Å²) >= 11 is 2.16. The van der Waals surface area contributed by atoms with Crippen LogP contribution in [-0.2, 0) is 9.16 Å². The molecule has 0 aromatic carbocycles. The average molecular weight is 292 g/mol. The quantitative estimate of drug-likeness (QED) is 0.370. The Hall–Kier alpha value is -0.780. The number of rotatable bonds is 4. The fourth-order valence-corrected chi connectivity index (χ4v) is 1.18. The first kappa shape index (κ1) is 10.3. The van der Waals surface area contributed by atoms with Crippen molar-refractivity contribution >= 4 is 28.6 Å². The van der Waals surface area contributed by atoms with Gasteiger partial charge < -0.3 is 9.15 Å². The van der Waals surface area contributed by atoms with Crippen molar-refractivity contribution < 1.29 is 13.9 Å². The van der Waals surface area contributed by atoms with Crippen molar-refractivity contribution in [1.82, 2.24) is 0 Å². The number of halogens is 1. The molecule has 0 fully saturated rings. The zero-order chi connectivity index (χ0) is 9.68. The van der Waals surface area contributed by atoms with E-state index in [2.05, 4.69) is 29.2 Å². The zero-order valence-corrected chi connectivity index (χ0v) is 9.11. The van der Waals surface area contributed by atoms with Crippen LogP contribution in [0.1, 0.15) is 16.3 Å². The lowest BCUT2D eigenvalue weighted by Gasteiger charge is -1.96. The van der Waals surface area contributed by atoms with Gasteiger partial charge in [0.1, 0.15) is 12.4 Å². The summed E-state index contributed by atoms with van der Waals surface area (Å²) in [5.74, 6) is 0.565. The molecule has 0 atom stereocenters. The fraction of sp³-hybridized carbons (Fsp3) is 0.222. The second-order valence-corrected chi connectivity index (χ2v) is 3.05. The Morgan fingerprint density at radius 3 is 3.00 bits per heavy atom. The summed E-state index contributed by atoms with van der Waals surface area (Å²) in [7, 11) is 0. The van der Waals surface area contributed by atoms with Gasteiger partial charge in [0.15, 0.2) is 0 Å². The van der Waals surface area contributed by atoms with E-state index >= 15 is 0 Å². The van der Waals surface area contributed by atoms with Crippen LogP contribution in [0.4, 0.5) is 0 Å². The summed E-state index contributed by atoms with van der Waals surface area (Å²) in [6.45, 7) is 3.65.